The first-order chi connectivity index (χ1) is 33.3. The summed E-state index contributed by atoms with van der Waals surface area (Å²) >= 11 is 0. The molecule has 10 heteroatoms. The number of benzene rings is 3. The average Bonchev–Trinajstić information content (AvgIpc) is 3.73. The summed E-state index contributed by atoms with van der Waals surface area (Å²) in [5.41, 5.74) is 14.1. The summed E-state index contributed by atoms with van der Waals surface area (Å²) in [7, 11) is 1.55. The van der Waals surface area contributed by atoms with Crippen LogP contribution in [-0.4, -0.2) is 68.9 Å². The maximum Gasteiger partial charge on any atom is 0.161 e. The normalized spacial score (nSPS) is 23.1. The Labute approximate surface area is 409 Å². The number of Topliss-reactive ketones (excluding diaryl/α,β-unsaturated/α-hetero) is 2. The second-order valence-electron chi connectivity index (χ2n) is 20.3. The number of aromatic nitrogens is 1. The number of carbonyl (C=O) groups is 2. The van der Waals surface area contributed by atoms with Crippen LogP contribution in [0.2, 0.25) is 0 Å². The molecule has 1 fully saturated rings. The van der Waals surface area contributed by atoms with Crippen LogP contribution in [-0.2, 0) is 35.3 Å². The highest BCUT2D eigenvalue weighted by Crippen LogP contribution is 2.46. The maximum atomic E-state index is 14.9. The predicted octanol–water partition coefficient (Wildman–Crippen LogP) is 9.14. The molecule has 4 aromatic rings. The highest BCUT2D eigenvalue weighted by atomic mass is 16.5. The van der Waals surface area contributed by atoms with Crippen LogP contribution in [0, 0.1) is 41.4 Å². The summed E-state index contributed by atoms with van der Waals surface area (Å²) in [6.45, 7) is 6.50. The van der Waals surface area contributed by atoms with E-state index >= 15 is 0 Å². The minimum absolute atomic E-state index is 0.0210. The van der Waals surface area contributed by atoms with Crippen molar-refractivity contribution in [1.82, 2.24) is 10.3 Å². The number of phenols is 1. The number of allylic oxidation sites excluding steroid dienone is 2. The standard InChI is InChI=1S/C59H75N3O7/c1-5-12-49(54(66)34-47-31-46(36-62-47)37(2)17-24-53(65)38(3)63)45-29-41(27-40-25-26-61-57(60)30-40)28-43-20-23-50(42-15-10-7-11-16-42)58-44(19-21-48(64)35-55(67)52(43)32-45)33-56(69-4)59(68)51(58)22-18-39-13-8-6-9-14-39/h6-11,13-16,25,30-31,33,36-38,41,43,45,49-50,52-54,61-63,65-66,68H,5,12,17-19,21-22,24,26-29,32,34-35,60H2,1-4H3/t37-,38+,41+,43+,45+,49+,50-,52-,53+,54-/m1/s1. The van der Waals surface area contributed by atoms with Crippen molar-refractivity contribution in [3.05, 3.63) is 142 Å². The van der Waals surface area contributed by atoms with Crippen molar-refractivity contribution in [2.75, 3.05) is 13.7 Å². The third kappa shape index (κ3) is 13.4. The number of phenolic OH excluding ortho intramolecular Hbond substituents is 1. The molecule has 3 aliphatic rings. The van der Waals surface area contributed by atoms with E-state index in [0.717, 1.165) is 70.3 Å². The molecule has 8 N–H and O–H groups in total. The van der Waals surface area contributed by atoms with E-state index in [9.17, 15) is 30.0 Å². The Hall–Kier alpha value is -5.60. The van der Waals surface area contributed by atoms with Crippen molar-refractivity contribution in [3.63, 3.8) is 0 Å². The molecule has 3 aromatic carbocycles. The number of aliphatic hydroxyl groups is 3. The van der Waals surface area contributed by atoms with Gasteiger partial charge in [0.25, 0.3) is 0 Å². The molecule has 0 spiro atoms. The van der Waals surface area contributed by atoms with Gasteiger partial charge in [-0.2, -0.15) is 0 Å². The van der Waals surface area contributed by atoms with Crippen LogP contribution < -0.4 is 15.8 Å². The van der Waals surface area contributed by atoms with E-state index in [2.05, 4.69) is 72.4 Å². The molecule has 2 aliphatic carbocycles. The fourth-order valence-corrected chi connectivity index (χ4v) is 11.4. The highest BCUT2D eigenvalue weighted by molar-refractivity contribution is 6.00. The van der Waals surface area contributed by atoms with E-state index in [-0.39, 0.29) is 59.7 Å². The van der Waals surface area contributed by atoms with Crippen LogP contribution in [0.1, 0.15) is 136 Å². The van der Waals surface area contributed by atoms with Crippen molar-refractivity contribution in [2.24, 2.45) is 35.3 Å². The first-order valence-corrected chi connectivity index (χ1v) is 25.5. The van der Waals surface area contributed by atoms with Gasteiger partial charge in [0.15, 0.2) is 11.5 Å². The van der Waals surface area contributed by atoms with Crippen molar-refractivity contribution in [1.29, 1.82) is 0 Å². The van der Waals surface area contributed by atoms with Crippen LogP contribution in [0.3, 0.4) is 0 Å². The smallest absolute Gasteiger partial charge is 0.161 e. The number of ether oxygens (including phenoxy) is 1. The number of aromatic hydroxyl groups is 1. The molecule has 0 bridgehead atoms. The number of aromatic amines is 1. The Bertz CT molecular complexity index is 2460. The lowest BCUT2D eigenvalue weighted by atomic mass is 9.73. The van der Waals surface area contributed by atoms with Gasteiger partial charge in [0.2, 0.25) is 0 Å². The number of ketones is 2. The second-order valence-corrected chi connectivity index (χ2v) is 20.3. The first kappa shape index (κ1) is 51.3. The zero-order chi connectivity index (χ0) is 49.0. The molecule has 1 aromatic heterocycles. The van der Waals surface area contributed by atoms with Gasteiger partial charge in [0, 0.05) is 48.7 Å². The molecular weight excluding hydrogens is 863 g/mol. The molecular formula is C59H75N3O7. The van der Waals surface area contributed by atoms with E-state index in [0.29, 0.717) is 69.5 Å². The predicted molar refractivity (Wildman–Crippen MR) is 273 cm³/mol. The van der Waals surface area contributed by atoms with E-state index in [1.807, 2.05) is 54.7 Å². The average molecular weight is 938 g/mol. The van der Waals surface area contributed by atoms with E-state index in [1.165, 1.54) is 0 Å². The number of aliphatic hydroxyl groups excluding tert-OH is 3. The summed E-state index contributed by atoms with van der Waals surface area (Å²) in [6.07, 6.45) is 11.5. The van der Waals surface area contributed by atoms with Crippen molar-refractivity contribution >= 4 is 11.6 Å². The molecule has 0 amide bonds. The number of hydrogen-bond donors (Lipinski definition) is 7. The molecule has 1 aliphatic heterocycles. The Morgan fingerprint density at radius 1 is 0.884 bits per heavy atom. The monoisotopic (exact) mass is 938 g/mol. The van der Waals surface area contributed by atoms with E-state index in [4.69, 9.17) is 10.5 Å². The topological polar surface area (TPSA) is 178 Å². The number of aryl methyl sites for hydroxylation is 2. The van der Waals surface area contributed by atoms with Crippen molar-refractivity contribution in [3.8, 4) is 23.3 Å². The zero-order valence-corrected chi connectivity index (χ0v) is 41.1. The SMILES string of the molecule is CCC[C@@H]([C@H]1C[C@@H](CC2=CCNC(N)=C2)C[C@@H]2C#C[C@H](c3ccccc3)c3c(cc(OC)c(O)c3CCc3ccccc3)CCC(=O)CC(=O)[C@@H]2C1)[C@H](O)Cc1cc([C@H](C)CC[C@H](O)[C@H](C)O)c[nH]1. The van der Waals surface area contributed by atoms with Crippen LogP contribution in [0.25, 0.3) is 0 Å². The van der Waals surface area contributed by atoms with Gasteiger partial charge in [-0.3, -0.25) is 9.59 Å². The number of carbonyl (C=O) groups excluding carboxylic acids is 2. The van der Waals surface area contributed by atoms with E-state index in [1.54, 1.807) is 14.0 Å². The van der Waals surface area contributed by atoms with Gasteiger partial charge in [-0.25, -0.2) is 0 Å². The zero-order valence-electron chi connectivity index (χ0n) is 41.1. The number of H-pyrrole nitrogens is 1. The van der Waals surface area contributed by atoms with E-state index < -0.39 is 30.1 Å². The molecule has 0 unspecified atom stereocenters. The van der Waals surface area contributed by atoms with Crippen LogP contribution in [0.15, 0.2) is 103 Å². The van der Waals surface area contributed by atoms with Crippen LogP contribution in [0.5, 0.6) is 11.5 Å². The van der Waals surface area contributed by atoms with Gasteiger partial charge in [-0.15, -0.1) is 0 Å². The molecule has 368 valence electrons. The number of fused-ring (bicyclic) bond motifs is 2. The summed E-state index contributed by atoms with van der Waals surface area (Å²) < 4.78 is 5.78. The number of nitrogens with two attached hydrogens (primary N) is 1. The third-order valence-electron chi connectivity index (χ3n) is 15.3. The Morgan fingerprint density at radius 3 is 2.35 bits per heavy atom. The van der Waals surface area contributed by atoms with Gasteiger partial charge in [-0.05, 0) is 146 Å². The van der Waals surface area contributed by atoms with Gasteiger partial charge < -0.3 is 41.2 Å². The minimum Gasteiger partial charge on any atom is -0.504 e. The molecule has 0 radical (unpaired) electrons. The summed E-state index contributed by atoms with van der Waals surface area (Å²) in [5, 5.41) is 47.6. The number of rotatable bonds is 18. The summed E-state index contributed by atoms with van der Waals surface area (Å²) in [4.78, 5) is 32.5. The summed E-state index contributed by atoms with van der Waals surface area (Å²) in [6, 6.07) is 24.3. The first-order valence-electron chi connectivity index (χ1n) is 25.5. The van der Waals surface area contributed by atoms with Crippen molar-refractivity contribution in [2.45, 2.75) is 141 Å². The number of methoxy groups -OCH3 is 1. The highest BCUT2D eigenvalue weighted by Gasteiger charge is 2.41. The number of dihydropyridines is 1. The largest absolute Gasteiger partial charge is 0.504 e. The minimum atomic E-state index is -0.782. The van der Waals surface area contributed by atoms with Crippen LogP contribution in [0.4, 0.5) is 0 Å². The fraction of sp³-hybridized carbons (Fsp3) is 0.492. The van der Waals surface area contributed by atoms with Gasteiger partial charge in [0.1, 0.15) is 11.6 Å². The maximum absolute atomic E-state index is 14.9. The lowest BCUT2D eigenvalue weighted by Gasteiger charge is -2.33. The quantitative estimate of drug-likeness (QED) is 0.0379. The van der Waals surface area contributed by atoms with Gasteiger partial charge >= 0.3 is 0 Å². The Morgan fingerprint density at radius 2 is 1.64 bits per heavy atom. The Balaban J connectivity index is 1.28. The van der Waals surface area contributed by atoms with Crippen LogP contribution >= 0.6 is 0 Å². The van der Waals surface area contributed by atoms with Gasteiger partial charge in [0.05, 0.1) is 43.6 Å². The third-order valence-corrected chi connectivity index (χ3v) is 15.3. The molecule has 10 atom stereocenters. The summed E-state index contributed by atoms with van der Waals surface area (Å²) in [5.74, 6) is 7.21. The molecule has 10 nitrogen and oxygen atoms in total. The second kappa shape index (κ2) is 24.3. The van der Waals surface area contributed by atoms with Crippen molar-refractivity contribution < 1.29 is 34.8 Å². The number of nitrogens with one attached hydrogen (secondary N) is 2. The molecule has 1 saturated carbocycles. The number of hydrogen-bond acceptors (Lipinski definition) is 9. The lowest BCUT2D eigenvalue weighted by molar-refractivity contribution is -0.130. The Kier molecular flexibility index (Phi) is 18.0. The molecule has 7 rings (SSSR count). The lowest BCUT2D eigenvalue weighted by Crippen LogP contribution is -2.33. The van der Waals surface area contributed by atoms with Gasteiger partial charge in [-0.1, -0.05) is 98.8 Å². The molecule has 0 saturated heterocycles. The molecule has 69 heavy (non-hydrogen) atoms. The fourth-order valence-electron chi connectivity index (χ4n) is 11.4. The molecule has 2 heterocycles.